The summed E-state index contributed by atoms with van der Waals surface area (Å²) in [7, 11) is 0. The van der Waals surface area contributed by atoms with Crippen molar-refractivity contribution in [2.75, 3.05) is 13.2 Å². The molecular formula is C18H20ClFN2O5. The molecule has 2 amide bonds. The Morgan fingerprint density at radius 3 is 2.63 bits per heavy atom. The van der Waals surface area contributed by atoms with Gasteiger partial charge in [0.1, 0.15) is 12.4 Å². The van der Waals surface area contributed by atoms with Crippen LogP contribution in [-0.4, -0.2) is 37.2 Å². The Balaban J connectivity index is 2.15. The van der Waals surface area contributed by atoms with Gasteiger partial charge in [-0.05, 0) is 25.5 Å². The van der Waals surface area contributed by atoms with Gasteiger partial charge in [0, 0.05) is 10.6 Å². The van der Waals surface area contributed by atoms with Crippen molar-refractivity contribution in [3.63, 3.8) is 0 Å². The minimum atomic E-state index is -0.751. The van der Waals surface area contributed by atoms with Crippen molar-refractivity contribution in [3.05, 3.63) is 45.9 Å². The van der Waals surface area contributed by atoms with Crippen molar-refractivity contribution in [2.45, 2.75) is 32.7 Å². The highest BCUT2D eigenvalue weighted by Crippen LogP contribution is 2.21. The summed E-state index contributed by atoms with van der Waals surface area (Å²) in [5.74, 6) is -1.98. The largest absolute Gasteiger partial charge is 0.463 e. The van der Waals surface area contributed by atoms with E-state index in [1.807, 2.05) is 0 Å². The maximum absolute atomic E-state index is 13.8. The molecule has 1 aliphatic heterocycles. The van der Waals surface area contributed by atoms with Crippen LogP contribution in [-0.2, 0) is 25.5 Å². The van der Waals surface area contributed by atoms with Gasteiger partial charge in [-0.3, -0.25) is 4.79 Å². The van der Waals surface area contributed by atoms with Crippen molar-refractivity contribution >= 4 is 29.6 Å². The maximum Gasteiger partial charge on any atom is 0.338 e. The van der Waals surface area contributed by atoms with E-state index >= 15 is 0 Å². The Hall–Kier alpha value is -2.61. The highest BCUT2D eigenvalue weighted by molar-refractivity contribution is 6.31. The van der Waals surface area contributed by atoms with Crippen LogP contribution in [0.2, 0.25) is 5.02 Å². The standard InChI is InChI=1S/C18H20ClFN2O5/c1-3-13-16(17(24)26-4-2)14(22-18(25)21-13)9-27-15(23)8-10-11(19)6-5-7-12(10)20/h5-7,13H,3-4,8-9H2,1-2H3,(H2,21,22,25)/t13-/m1/s1. The van der Waals surface area contributed by atoms with Gasteiger partial charge in [-0.1, -0.05) is 24.6 Å². The van der Waals surface area contributed by atoms with Crippen LogP contribution in [0.5, 0.6) is 0 Å². The number of ether oxygens (including phenoxy) is 2. The fourth-order valence-electron chi connectivity index (χ4n) is 2.62. The summed E-state index contributed by atoms with van der Waals surface area (Å²) in [5, 5.41) is 5.19. The number of esters is 2. The third-order valence-corrected chi connectivity index (χ3v) is 4.26. The minimum Gasteiger partial charge on any atom is -0.463 e. The topological polar surface area (TPSA) is 93.7 Å². The predicted octanol–water partition coefficient (Wildman–Crippen LogP) is 2.47. The SMILES string of the molecule is CCOC(=O)C1=C(COC(=O)Cc2c(F)cccc2Cl)NC(=O)N[C@@H]1CC. The van der Waals surface area contributed by atoms with Crippen molar-refractivity contribution in [2.24, 2.45) is 0 Å². The van der Waals surface area contributed by atoms with Gasteiger partial charge in [-0.25, -0.2) is 14.0 Å². The van der Waals surface area contributed by atoms with E-state index in [1.54, 1.807) is 13.8 Å². The van der Waals surface area contributed by atoms with Crippen LogP contribution in [0.3, 0.4) is 0 Å². The maximum atomic E-state index is 13.8. The smallest absolute Gasteiger partial charge is 0.338 e. The Morgan fingerprint density at radius 2 is 2.00 bits per heavy atom. The van der Waals surface area contributed by atoms with Crippen LogP contribution in [0.1, 0.15) is 25.8 Å². The molecule has 1 atom stereocenters. The van der Waals surface area contributed by atoms with E-state index in [4.69, 9.17) is 21.1 Å². The summed E-state index contributed by atoms with van der Waals surface area (Å²) < 4.78 is 23.9. The minimum absolute atomic E-state index is 0.0181. The average Bonchev–Trinajstić information content (AvgIpc) is 2.62. The number of amides is 2. The quantitative estimate of drug-likeness (QED) is 0.688. The van der Waals surface area contributed by atoms with Crippen LogP contribution >= 0.6 is 11.6 Å². The number of carbonyl (C=O) groups excluding carboxylic acids is 3. The van der Waals surface area contributed by atoms with E-state index in [9.17, 15) is 18.8 Å². The van der Waals surface area contributed by atoms with Crippen molar-refractivity contribution in [1.82, 2.24) is 10.6 Å². The molecule has 0 saturated carbocycles. The van der Waals surface area contributed by atoms with Gasteiger partial charge in [0.25, 0.3) is 0 Å². The van der Waals surface area contributed by atoms with Gasteiger partial charge in [-0.2, -0.15) is 0 Å². The number of urea groups is 1. The Kier molecular flexibility index (Phi) is 7.18. The molecule has 0 fully saturated rings. The van der Waals surface area contributed by atoms with Gasteiger partial charge >= 0.3 is 18.0 Å². The van der Waals surface area contributed by atoms with Gasteiger partial charge < -0.3 is 20.1 Å². The molecule has 0 bridgehead atoms. The molecule has 146 valence electrons. The number of hydrogen-bond donors (Lipinski definition) is 2. The normalized spacial score (nSPS) is 16.4. The van der Waals surface area contributed by atoms with Gasteiger partial charge in [0.15, 0.2) is 0 Å². The molecule has 1 heterocycles. The zero-order valence-corrected chi connectivity index (χ0v) is 15.7. The van der Waals surface area contributed by atoms with Crippen LogP contribution in [0.15, 0.2) is 29.5 Å². The molecular weight excluding hydrogens is 379 g/mol. The molecule has 0 radical (unpaired) electrons. The summed E-state index contributed by atoms with van der Waals surface area (Å²) in [6.45, 7) is 3.25. The fraction of sp³-hybridized carbons (Fsp3) is 0.389. The van der Waals surface area contributed by atoms with E-state index in [1.165, 1.54) is 18.2 Å². The van der Waals surface area contributed by atoms with Gasteiger partial charge in [0.05, 0.1) is 30.3 Å². The lowest BCUT2D eigenvalue weighted by atomic mass is 10.0. The van der Waals surface area contributed by atoms with E-state index in [-0.39, 0.29) is 41.5 Å². The fourth-order valence-corrected chi connectivity index (χ4v) is 2.85. The lowest BCUT2D eigenvalue weighted by molar-refractivity contribution is -0.143. The van der Waals surface area contributed by atoms with Crippen molar-refractivity contribution in [3.8, 4) is 0 Å². The second kappa shape index (κ2) is 9.36. The molecule has 0 unspecified atom stereocenters. The monoisotopic (exact) mass is 398 g/mol. The molecule has 2 N–H and O–H groups in total. The van der Waals surface area contributed by atoms with Gasteiger partial charge in [-0.15, -0.1) is 0 Å². The number of carbonyl (C=O) groups is 3. The third kappa shape index (κ3) is 5.19. The van der Waals surface area contributed by atoms with Crippen LogP contribution < -0.4 is 10.6 Å². The Morgan fingerprint density at radius 1 is 1.26 bits per heavy atom. The second-order valence-electron chi connectivity index (χ2n) is 5.71. The number of rotatable bonds is 7. The first-order chi connectivity index (χ1) is 12.9. The summed E-state index contributed by atoms with van der Waals surface area (Å²) >= 11 is 5.90. The second-order valence-corrected chi connectivity index (χ2v) is 6.12. The number of benzene rings is 1. The zero-order valence-electron chi connectivity index (χ0n) is 14.9. The lowest BCUT2D eigenvalue weighted by Crippen LogP contribution is -2.51. The van der Waals surface area contributed by atoms with Crippen molar-refractivity contribution < 1.29 is 28.2 Å². The molecule has 1 aromatic rings. The first-order valence-electron chi connectivity index (χ1n) is 8.43. The highest BCUT2D eigenvalue weighted by atomic mass is 35.5. The van der Waals surface area contributed by atoms with Crippen molar-refractivity contribution in [1.29, 1.82) is 0 Å². The van der Waals surface area contributed by atoms with E-state index in [0.717, 1.165) is 0 Å². The molecule has 0 saturated heterocycles. The molecule has 0 spiro atoms. The predicted molar refractivity (Wildman–Crippen MR) is 95.5 cm³/mol. The van der Waals surface area contributed by atoms with E-state index in [2.05, 4.69) is 10.6 Å². The van der Waals surface area contributed by atoms with Crippen LogP contribution in [0.25, 0.3) is 0 Å². The molecule has 0 aliphatic carbocycles. The number of nitrogens with one attached hydrogen (secondary N) is 2. The molecule has 1 aliphatic rings. The molecule has 2 rings (SSSR count). The summed E-state index contributed by atoms with van der Waals surface area (Å²) in [4.78, 5) is 36.1. The van der Waals surface area contributed by atoms with Crippen LogP contribution in [0, 0.1) is 5.82 Å². The summed E-state index contributed by atoms with van der Waals surface area (Å²) in [5.41, 5.74) is 0.345. The molecule has 7 nitrogen and oxygen atoms in total. The van der Waals surface area contributed by atoms with E-state index in [0.29, 0.717) is 6.42 Å². The van der Waals surface area contributed by atoms with Crippen LogP contribution in [0.4, 0.5) is 9.18 Å². The highest BCUT2D eigenvalue weighted by Gasteiger charge is 2.32. The summed E-state index contributed by atoms with van der Waals surface area (Å²) in [6, 6.07) is 3.01. The lowest BCUT2D eigenvalue weighted by Gasteiger charge is -2.28. The number of halogens is 2. The molecule has 1 aromatic carbocycles. The Bertz CT molecular complexity index is 761. The number of hydrogen-bond acceptors (Lipinski definition) is 5. The first kappa shape index (κ1) is 20.7. The van der Waals surface area contributed by atoms with Gasteiger partial charge in [0.2, 0.25) is 0 Å². The Labute approximate surface area is 160 Å². The molecule has 27 heavy (non-hydrogen) atoms. The average molecular weight is 399 g/mol. The third-order valence-electron chi connectivity index (χ3n) is 3.91. The van der Waals surface area contributed by atoms with E-state index < -0.39 is 29.8 Å². The first-order valence-corrected chi connectivity index (χ1v) is 8.81. The zero-order chi connectivity index (χ0) is 20.0. The molecule has 0 aromatic heterocycles. The summed E-state index contributed by atoms with van der Waals surface area (Å²) in [6.07, 6.45) is 0.0702. The molecule has 9 heteroatoms.